The number of nitrogens with zero attached hydrogens (tertiary/aromatic N) is 5. The van der Waals surface area contributed by atoms with Gasteiger partial charge in [-0.05, 0) is 56.5 Å². The fourth-order valence-corrected chi connectivity index (χ4v) is 6.22. The number of para-hydroxylation sites is 1. The van der Waals surface area contributed by atoms with E-state index in [1.807, 2.05) is 49.4 Å². The number of likely N-dealkylation sites (tertiary alicyclic amines) is 1. The van der Waals surface area contributed by atoms with Gasteiger partial charge in [-0.3, -0.25) is 9.59 Å². The second-order valence-corrected chi connectivity index (χ2v) is 11.3. The van der Waals surface area contributed by atoms with Crippen molar-refractivity contribution in [2.24, 2.45) is 5.92 Å². The van der Waals surface area contributed by atoms with Gasteiger partial charge in [0, 0.05) is 62.3 Å². The summed E-state index contributed by atoms with van der Waals surface area (Å²) in [5.41, 5.74) is 3.15. The third-order valence-corrected chi connectivity index (χ3v) is 8.41. The van der Waals surface area contributed by atoms with Gasteiger partial charge in [0.1, 0.15) is 11.6 Å². The van der Waals surface area contributed by atoms with Crippen LogP contribution in [0.5, 0.6) is 0 Å². The molecule has 41 heavy (non-hydrogen) atoms. The van der Waals surface area contributed by atoms with Crippen LogP contribution in [0.2, 0.25) is 0 Å². The smallest absolute Gasteiger partial charge is 0.310 e. The van der Waals surface area contributed by atoms with Gasteiger partial charge >= 0.3 is 5.97 Å². The first-order chi connectivity index (χ1) is 19.9. The molecule has 0 N–H and O–H groups in total. The lowest BCUT2D eigenvalue weighted by molar-refractivity contribution is -0.149. The summed E-state index contributed by atoms with van der Waals surface area (Å²) in [4.78, 5) is 41.0. The number of carbonyl (C=O) groups excluding carboxylic acids is 2. The summed E-state index contributed by atoms with van der Waals surface area (Å²) in [7, 11) is 0. The maximum Gasteiger partial charge on any atom is 0.310 e. The Balaban J connectivity index is 1.19. The SMILES string of the molecule is CCOC(=O)C1CCCN(C(=O)c2cccc(CSc3nc(C)cc(N4CCN(c5ccccc5F)CC4)n3)c2)C1. The molecule has 10 heteroatoms. The maximum atomic E-state index is 14.2. The molecule has 2 saturated heterocycles. The van der Waals surface area contributed by atoms with E-state index in [4.69, 9.17) is 9.72 Å². The molecule has 1 aromatic heterocycles. The standard InChI is InChI=1S/C31H36FN5O3S/c1-3-40-30(39)25-10-7-13-37(20-25)29(38)24-9-6-8-23(19-24)21-41-31-33-22(2)18-28(34-31)36-16-14-35(15-17-36)27-12-5-4-11-26(27)32/h4-6,8-9,11-12,18-19,25H,3,7,10,13-17,20-21H2,1-2H3. The number of aromatic nitrogens is 2. The minimum atomic E-state index is -0.262. The molecule has 3 aromatic rings. The van der Waals surface area contributed by atoms with Gasteiger partial charge in [0.25, 0.3) is 5.91 Å². The van der Waals surface area contributed by atoms with Crippen LogP contribution in [0.1, 0.15) is 41.4 Å². The van der Waals surface area contributed by atoms with Crippen molar-refractivity contribution in [1.82, 2.24) is 14.9 Å². The van der Waals surface area contributed by atoms with Crippen molar-refractivity contribution >= 4 is 35.1 Å². The molecule has 5 rings (SSSR count). The van der Waals surface area contributed by atoms with Crippen molar-refractivity contribution < 1.29 is 18.7 Å². The van der Waals surface area contributed by atoms with E-state index in [2.05, 4.69) is 14.8 Å². The molecule has 216 valence electrons. The number of hydrogen-bond acceptors (Lipinski definition) is 8. The van der Waals surface area contributed by atoms with Crippen LogP contribution in [0.15, 0.2) is 59.8 Å². The number of halogens is 1. The Morgan fingerprint density at radius 3 is 2.56 bits per heavy atom. The second-order valence-electron chi connectivity index (χ2n) is 10.4. The molecule has 0 bridgehead atoms. The highest BCUT2D eigenvalue weighted by molar-refractivity contribution is 7.98. The molecule has 0 radical (unpaired) electrons. The average molecular weight is 578 g/mol. The van der Waals surface area contributed by atoms with E-state index in [1.54, 1.807) is 17.9 Å². The topological polar surface area (TPSA) is 78.9 Å². The number of esters is 1. The predicted molar refractivity (Wildman–Crippen MR) is 159 cm³/mol. The van der Waals surface area contributed by atoms with Crippen LogP contribution in [-0.4, -0.2) is 72.6 Å². The Morgan fingerprint density at radius 2 is 1.78 bits per heavy atom. The average Bonchev–Trinajstić information content (AvgIpc) is 3.00. The Morgan fingerprint density at radius 1 is 1.00 bits per heavy atom. The third-order valence-electron chi connectivity index (χ3n) is 7.49. The molecule has 0 spiro atoms. The van der Waals surface area contributed by atoms with Crippen molar-refractivity contribution in [3.63, 3.8) is 0 Å². The van der Waals surface area contributed by atoms with Crippen molar-refractivity contribution in [1.29, 1.82) is 0 Å². The minimum Gasteiger partial charge on any atom is -0.466 e. The number of ether oxygens (including phenoxy) is 1. The molecule has 0 aliphatic carbocycles. The van der Waals surface area contributed by atoms with Crippen LogP contribution >= 0.6 is 11.8 Å². The predicted octanol–water partition coefficient (Wildman–Crippen LogP) is 4.96. The van der Waals surface area contributed by atoms with Gasteiger partial charge in [-0.25, -0.2) is 14.4 Å². The van der Waals surface area contributed by atoms with E-state index in [9.17, 15) is 14.0 Å². The van der Waals surface area contributed by atoms with E-state index in [0.29, 0.717) is 54.9 Å². The van der Waals surface area contributed by atoms with Gasteiger partial charge < -0.3 is 19.4 Å². The van der Waals surface area contributed by atoms with Crippen molar-refractivity contribution in [3.8, 4) is 0 Å². The van der Waals surface area contributed by atoms with E-state index in [-0.39, 0.29) is 23.6 Å². The zero-order valence-electron chi connectivity index (χ0n) is 23.6. The molecular weight excluding hydrogens is 541 g/mol. The summed E-state index contributed by atoms with van der Waals surface area (Å²) in [6, 6.07) is 16.5. The molecule has 8 nitrogen and oxygen atoms in total. The maximum absolute atomic E-state index is 14.2. The van der Waals surface area contributed by atoms with Crippen LogP contribution in [0, 0.1) is 18.7 Å². The molecular formula is C31H36FN5O3S. The van der Waals surface area contributed by atoms with Gasteiger partial charge in [0.2, 0.25) is 0 Å². The largest absolute Gasteiger partial charge is 0.466 e. The van der Waals surface area contributed by atoms with Crippen LogP contribution < -0.4 is 9.80 Å². The third kappa shape index (κ3) is 7.16. The first kappa shape index (κ1) is 28.9. The molecule has 2 aromatic carbocycles. The monoisotopic (exact) mass is 577 g/mol. The Kier molecular flexibility index (Phi) is 9.38. The van der Waals surface area contributed by atoms with Crippen molar-refractivity contribution in [3.05, 3.63) is 77.2 Å². The quantitative estimate of drug-likeness (QED) is 0.211. The molecule has 2 aliphatic heterocycles. The molecule has 3 heterocycles. The number of benzene rings is 2. The fourth-order valence-electron chi connectivity index (χ4n) is 5.38. The summed E-state index contributed by atoms with van der Waals surface area (Å²) >= 11 is 1.54. The first-order valence-electron chi connectivity index (χ1n) is 14.2. The highest BCUT2D eigenvalue weighted by atomic mass is 32.2. The number of amides is 1. The second kappa shape index (κ2) is 13.3. The Hall–Kier alpha value is -3.66. The van der Waals surface area contributed by atoms with E-state index in [1.165, 1.54) is 17.8 Å². The number of hydrogen-bond donors (Lipinski definition) is 0. The zero-order chi connectivity index (χ0) is 28.8. The van der Waals surface area contributed by atoms with Gasteiger partial charge in [-0.15, -0.1) is 0 Å². The number of piperazine rings is 1. The normalized spacial score (nSPS) is 17.4. The van der Waals surface area contributed by atoms with Crippen LogP contribution in [0.4, 0.5) is 15.9 Å². The molecule has 0 saturated carbocycles. The number of aryl methyl sites for hydroxylation is 1. The van der Waals surface area contributed by atoms with Gasteiger partial charge in [-0.1, -0.05) is 36.0 Å². The lowest BCUT2D eigenvalue weighted by Gasteiger charge is -2.37. The molecule has 1 atom stereocenters. The highest BCUT2D eigenvalue weighted by Gasteiger charge is 2.30. The number of anilines is 2. The van der Waals surface area contributed by atoms with Crippen molar-refractivity contribution in [2.75, 3.05) is 55.7 Å². The van der Waals surface area contributed by atoms with Crippen LogP contribution in [0.3, 0.4) is 0 Å². The highest BCUT2D eigenvalue weighted by Crippen LogP contribution is 2.26. The number of thioether (sulfide) groups is 1. The van der Waals surface area contributed by atoms with E-state index >= 15 is 0 Å². The summed E-state index contributed by atoms with van der Waals surface area (Å²) < 4.78 is 19.4. The molecule has 1 unspecified atom stereocenters. The number of piperidine rings is 1. The first-order valence-corrected chi connectivity index (χ1v) is 15.2. The molecule has 2 fully saturated rings. The number of carbonyl (C=O) groups is 2. The Bertz CT molecular complexity index is 1380. The Labute approximate surface area is 244 Å². The summed E-state index contributed by atoms with van der Waals surface area (Å²) in [5, 5.41) is 0.682. The van der Waals surface area contributed by atoms with Crippen LogP contribution in [-0.2, 0) is 15.3 Å². The van der Waals surface area contributed by atoms with Gasteiger partial charge in [0.15, 0.2) is 5.16 Å². The fraction of sp³-hybridized carbons (Fsp3) is 0.419. The lowest BCUT2D eigenvalue weighted by atomic mass is 9.97. The lowest BCUT2D eigenvalue weighted by Crippen LogP contribution is -2.47. The number of rotatable bonds is 8. The molecule has 2 aliphatic rings. The van der Waals surface area contributed by atoms with Gasteiger partial charge in [-0.2, -0.15) is 0 Å². The summed E-state index contributed by atoms with van der Waals surface area (Å²) in [5.74, 6) is 0.755. The van der Waals surface area contributed by atoms with Crippen molar-refractivity contribution in [2.45, 2.75) is 37.6 Å². The summed E-state index contributed by atoms with van der Waals surface area (Å²) in [6.45, 7) is 8.06. The van der Waals surface area contributed by atoms with Crippen LogP contribution in [0.25, 0.3) is 0 Å². The van der Waals surface area contributed by atoms with E-state index < -0.39 is 0 Å². The summed E-state index contributed by atoms with van der Waals surface area (Å²) in [6.07, 6.45) is 1.54. The zero-order valence-corrected chi connectivity index (χ0v) is 24.4. The van der Waals surface area contributed by atoms with Gasteiger partial charge in [0.05, 0.1) is 18.2 Å². The van der Waals surface area contributed by atoms with E-state index in [0.717, 1.165) is 43.0 Å². The molecule has 1 amide bonds. The minimum absolute atomic E-state index is 0.0607.